The normalized spacial score (nSPS) is 10.5. The third-order valence-electron chi connectivity index (χ3n) is 3.60. The molecular weight excluding hydrogens is 312 g/mol. The molecule has 0 aliphatic heterocycles. The van der Waals surface area contributed by atoms with Gasteiger partial charge in [0.05, 0.1) is 34.0 Å². The fourth-order valence-electron chi connectivity index (χ4n) is 2.37. The van der Waals surface area contributed by atoms with Gasteiger partial charge in [0, 0.05) is 12.1 Å². The predicted octanol–water partition coefficient (Wildman–Crippen LogP) is 1.52. The number of nitrogens with zero attached hydrogens (tertiary/aromatic N) is 3. The summed E-state index contributed by atoms with van der Waals surface area (Å²) < 4.78 is 1.01. The number of hydrogen-bond donors (Lipinski definition) is 1. The van der Waals surface area contributed by atoms with E-state index in [9.17, 15) is 19.7 Å². The van der Waals surface area contributed by atoms with Crippen LogP contribution in [0.1, 0.15) is 11.1 Å². The number of H-pyrrole nitrogens is 1. The van der Waals surface area contributed by atoms with Gasteiger partial charge in [-0.2, -0.15) is 5.26 Å². The SMILES string of the molecule is N#Cc1ccc(Cn2c(=O)[nH]c3cc([N+](=O)[O-])ccc3c2=O)cc1. The molecule has 0 atom stereocenters. The van der Waals surface area contributed by atoms with E-state index >= 15 is 0 Å². The molecule has 8 heteroatoms. The predicted molar refractivity (Wildman–Crippen MR) is 85.7 cm³/mol. The summed E-state index contributed by atoms with van der Waals surface area (Å²) in [5.41, 5.74) is -0.114. The number of benzene rings is 2. The van der Waals surface area contributed by atoms with Crippen LogP contribution in [0.5, 0.6) is 0 Å². The van der Waals surface area contributed by atoms with Gasteiger partial charge >= 0.3 is 5.69 Å². The van der Waals surface area contributed by atoms with Crippen LogP contribution < -0.4 is 11.2 Å². The minimum atomic E-state index is -0.655. The molecule has 8 nitrogen and oxygen atoms in total. The molecule has 0 unspecified atom stereocenters. The van der Waals surface area contributed by atoms with Crippen LogP contribution in [-0.2, 0) is 6.54 Å². The lowest BCUT2D eigenvalue weighted by atomic mass is 10.1. The van der Waals surface area contributed by atoms with Crippen LogP contribution in [0.25, 0.3) is 10.9 Å². The molecule has 3 rings (SSSR count). The summed E-state index contributed by atoms with van der Waals surface area (Å²) in [4.78, 5) is 37.3. The van der Waals surface area contributed by atoms with Gasteiger partial charge < -0.3 is 4.98 Å². The maximum atomic E-state index is 12.5. The molecule has 1 heterocycles. The van der Waals surface area contributed by atoms with Crippen LogP contribution in [-0.4, -0.2) is 14.5 Å². The van der Waals surface area contributed by atoms with Crippen molar-refractivity contribution in [1.29, 1.82) is 5.26 Å². The lowest BCUT2D eigenvalue weighted by Gasteiger charge is -2.06. The van der Waals surface area contributed by atoms with Crippen molar-refractivity contribution in [2.45, 2.75) is 6.54 Å². The monoisotopic (exact) mass is 322 g/mol. The number of rotatable bonds is 3. The van der Waals surface area contributed by atoms with Gasteiger partial charge in [0.1, 0.15) is 0 Å². The number of nitrogens with one attached hydrogen (secondary N) is 1. The minimum absolute atomic E-state index is 0.0345. The first-order valence-corrected chi connectivity index (χ1v) is 6.90. The number of hydrogen-bond acceptors (Lipinski definition) is 5. The fraction of sp³-hybridized carbons (Fsp3) is 0.0625. The van der Waals surface area contributed by atoms with Crippen molar-refractivity contribution in [1.82, 2.24) is 9.55 Å². The Labute approximate surface area is 134 Å². The van der Waals surface area contributed by atoms with Gasteiger partial charge in [0.2, 0.25) is 0 Å². The van der Waals surface area contributed by atoms with Crippen LogP contribution in [0.4, 0.5) is 5.69 Å². The number of aromatic amines is 1. The van der Waals surface area contributed by atoms with E-state index < -0.39 is 16.2 Å². The zero-order valence-corrected chi connectivity index (χ0v) is 12.2. The Morgan fingerprint density at radius 1 is 1.17 bits per heavy atom. The van der Waals surface area contributed by atoms with Crippen molar-refractivity contribution < 1.29 is 4.92 Å². The van der Waals surface area contributed by atoms with Crippen LogP contribution in [0, 0.1) is 21.4 Å². The second-order valence-corrected chi connectivity index (χ2v) is 5.12. The minimum Gasteiger partial charge on any atom is -0.306 e. The molecule has 0 radical (unpaired) electrons. The Morgan fingerprint density at radius 3 is 2.50 bits per heavy atom. The van der Waals surface area contributed by atoms with E-state index in [1.165, 1.54) is 12.1 Å². The highest BCUT2D eigenvalue weighted by Crippen LogP contribution is 2.15. The average molecular weight is 322 g/mol. The molecule has 24 heavy (non-hydrogen) atoms. The highest BCUT2D eigenvalue weighted by Gasteiger charge is 2.12. The molecule has 0 aliphatic carbocycles. The molecule has 0 saturated carbocycles. The van der Waals surface area contributed by atoms with Gasteiger partial charge in [0.15, 0.2) is 0 Å². The van der Waals surface area contributed by atoms with Crippen LogP contribution in [0.2, 0.25) is 0 Å². The summed E-state index contributed by atoms with van der Waals surface area (Å²) in [5.74, 6) is 0. The van der Waals surface area contributed by atoms with Crippen molar-refractivity contribution in [3.05, 3.63) is 84.5 Å². The Kier molecular flexibility index (Phi) is 3.67. The number of nitriles is 1. The van der Waals surface area contributed by atoms with Crippen molar-refractivity contribution in [3.63, 3.8) is 0 Å². The molecule has 1 aromatic heterocycles. The summed E-state index contributed by atoms with van der Waals surface area (Å²) in [5, 5.41) is 19.7. The number of nitro groups is 1. The van der Waals surface area contributed by atoms with E-state index in [1.807, 2.05) is 6.07 Å². The van der Waals surface area contributed by atoms with Crippen LogP contribution >= 0.6 is 0 Å². The van der Waals surface area contributed by atoms with Gasteiger partial charge in [-0.3, -0.25) is 19.5 Å². The molecule has 0 spiro atoms. The Morgan fingerprint density at radius 2 is 1.88 bits per heavy atom. The first-order valence-electron chi connectivity index (χ1n) is 6.90. The van der Waals surface area contributed by atoms with Crippen molar-refractivity contribution in [3.8, 4) is 6.07 Å². The second-order valence-electron chi connectivity index (χ2n) is 5.12. The average Bonchev–Trinajstić information content (AvgIpc) is 2.58. The first-order chi connectivity index (χ1) is 11.5. The molecular formula is C16H10N4O4. The maximum Gasteiger partial charge on any atom is 0.329 e. The molecule has 1 N–H and O–H groups in total. The summed E-state index contributed by atoms with van der Waals surface area (Å²) in [6.45, 7) is 0.0345. The molecule has 3 aromatic rings. The first kappa shape index (κ1) is 15.2. The van der Waals surface area contributed by atoms with Crippen LogP contribution in [0.3, 0.4) is 0 Å². The third-order valence-corrected chi connectivity index (χ3v) is 3.60. The topological polar surface area (TPSA) is 122 Å². The van der Waals surface area contributed by atoms with E-state index in [0.717, 1.165) is 10.6 Å². The molecule has 0 aliphatic rings. The van der Waals surface area contributed by atoms with Gasteiger partial charge in [-0.05, 0) is 23.8 Å². The second kappa shape index (κ2) is 5.81. The molecule has 0 fully saturated rings. The van der Waals surface area contributed by atoms with Crippen molar-refractivity contribution in [2.24, 2.45) is 0 Å². The zero-order valence-electron chi connectivity index (χ0n) is 12.2. The Bertz CT molecular complexity index is 1100. The summed E-state index contributed by atoms with van der Waals surface area (Å²) in [7, 11) is 0. The van der Waals surface area contributed by atoms with E-state index in [1.54, 1.807) is 24.3 Å². The quantitative estimate of drug-likeness (QED) is 0.578. The lowest BCUT2D eigenvalue weighted by molar-refractivity contribution is -0.384. The highest BCUT2D eigenvalue weighted by molar-refractivity contribution is 5.79. The summed E-state index contributed by atoms with van der Waals surface area (Å²) in [6.07, 6.45) is 0. The Balaban J connectivity index is 2.10. The highest BCUT2D eigenvalue weighted by atomic mass is 16.6. The molecule has 2 aromatic carbocycles. The largest absolute Gasteiger partial charge is 0.329 e. The van der Waals surface area contributed by atoms with Gasteiger partial charge in [-0.25, -0.2) is 4.79 Å². The number of fused-ring (bicyclic) bond motifs is 1. The molecule has 118 valence electrons. The van der Waals surface area contributed by atoms with E-state index in [4.69, 9.17) is 5.26 Å². The fourth-order valence-corrected chi connectivity index (χ4v) is 2.37. The van der Waals surface area contributed by atoms with Crippen molar-refractivity contribution in [2.75, 3.05) is 0 Å². The van der Waals surface area contributed by atoms with Gasteiger partial charge in [-0.15, -0.1) is 0 Å². The molecule has 0 amide bonds. The van der Waals surface area contributed by atoms with Gasteiger partial charge in [0.25, 0.3) is 11.2 Å². The lowest BCUT2D eigenvalue weighted by Crippen LogP contribution is -2.35. The Hall–Kier alpha value is -3.73. The van der Waals surface area contributed by atoms with Crippen LogP contribution in [0.15, 0.2) is 52.1 Å². The van der Waals surface area contributed by atoms with E-state index in [2.05, 4.69) is 4.98 Å². The number of non-ortho nitro benzene ring substituents is 1. The van der Waals surface area contributed by atoms with E-state index in [0.29, 0.717) is 11.1 Å². The zero-order chi connectivity index (χ0) is 17.3. The molecule has 0 bridgehead atoms. The van der Waals surface area contributed by atoms with Crippen molar-refractivity contribution >= 4 is 16.6 Å². The number of nitro benzene ring substituents is 1. The summed E-state index contributed by atoms with van der Waals surface area (Å²) >= 11 is 0. The van der Waals surface area contributed by atoms with E-state index in [-0.39, 0.29) is 23.1 Å². The number of aromatic nitrogens is 2. The summed E-state index contributed by atoms with van der Waals surface area (Å²) in [6, 6.07) is 12.2. The maximum absolute atomic E-state index is 12.5. The smallest absolute Gasteiger partial charge is 0.306 e. The standard InChI is InChI=1S/C16H10N4O4/c17-8-10-1-3-11(4-2-10)9-19-15(21)13-6-5-12(20(23)24)7-14(13)18-16(19)22/h1-7H,9H2,(H,18,22). The third kappa shape index (κ3) is 2.66. The van der Waals surface area contributed by atoms with Gasteiger partial charge in [-0.1, -0.05) is 12.1 Å². The molecule has 0 saturated heterocycles.